The van der Waals surface area contributed by atoms with Gasteiger partial charge >= 0.3 is 17.9 Å². The fourth-order valence-corrected chi connectivity index (χ4v) is 10.6. The van der Waals surface area contributed by atoms with Crippen LogP contribution >= 0.6 is 0 Å². The summed E-state index contributed by atoms with van der Waals surface area (Å²) in [6.07, 6.45) is 41.7. The molecule has 6 aliphatic rings. The van der Waals surface area contributed by atoms with E-state index in [1.807, 2.05) is 0 Å². The van der Waals surface area contributed by atoms with Crippen LogP contribution in [0, 0.1) is 0 Å². The molecule has 69 heavy (non-hydrogen) atoms. The lowest BCUT2D eigenvalue weighted by atomic mass is 10.0. The summed E-state index contributed by atoms with van der Waals surface area (Å²) in [6, 6.07) is 0. The van der Waals surface area contributed by atoms with Gasteiger partial charge in [-0.2, -0.15) is 0 Å². The van der Waals surface area contributed by atoms with Gasteiger partial charge in [-0.15, -0.1) is 0 Å². The van der Waals surface area contributed by atoms with E-state index in [0.717, 1.165) is 135 Å². The van der Waals surface area contributed by atoms with Crippen LogP contribution < -0.4 is 0 Å². The van der Waals surface area contributed by atoms with Crippen molar-refractivity contribution in [1.82, 2.24) is 0 Å². The minimum atomic E-state index is -0.816. The standard InChI is InChI=1S/C57H98O12/c1-4-7-19-28-43-49(64-43)37-52-46(67-52)31-22-13-10-16-25-34-55(58)61-40-42(63-57(60)36-27-18-12-15-24-33-48-54(69-48)39-51-45(66-51)30-21-9-6-3)41-62-56(59)35-26-17-11-14-23-32-47-53(68-47)38-50-44(65-50)29-20-8-5-2/h42-54H,4-41H2,1-3H3/t42?,43-,44+,45-,46+,47-,48-,49+,50-,51+,52-,53+,54+/m0/s1. The number of esters is 3. The Labute approximate surface area is 418 Å². The molecule has 0 radical (unpaired) electrons. The Morgan fingerprint density at radius 2 is 0.565 bits per heavy atom. The molecule has 12 heteroatoms. The second-order valence-corrected chi connectivity index (χ2v) is 21.9. The summed E-state index contributed by atoms with van der Waals surface area (Å²) >= 11 is 0. The van der Waals surface area contributed by atoms with Crippen LogP contribution in [0.4, 0.5) is 0 Å². The summed E-state index contributed by atoms with van der Waals surface area (Å²) in [5, 5.41) is 0. The lowest BCUT2D eigenvalue weighted by Gasteiger charge is -2.18. The number of hydrogen-bond donors (Lipinski definition) is 0. The second-order valence-electron chi connectivity index (χ2n) is 21.9. The van der Waals surface area contributed by atoms with Crippen molar-refractivity contribution in [2.75, 3.05) is 13.2 Å². The maximum absolute atomic E-state index is 12.9. The van der Waals surface area contributed by atoms with E-state index in [4.69, 9.17) is 42.6 Å². The van der Waals surface area contributed by atoms with Gasteiger partial charge in [0.05, 0.1) is 73.2 Å². The Morgan fingerprint density at radius 1 is 0.319 bits per heavy atom. The van der Waals surface area contributed by atoms with Crippen LogP contribution in [-0.2, 0) is 57.0 Å². The fraction of sp³-hybridized carbons (Fsp3) is 0.947. The number of epoxide rings is 6. The van der Waals surface area contributed by atoms with Crippen molar-refractivity contribution < 1.29 is 57.0 Å². The lowest BCUT2D eigenvalue weighted by molar-refractivity contribution is -0.167. The van der Waals surface area contributed by atoms with E-state index in [9.17, 15) is 14.4 Å². The van der Waals surface area contributed by atoms with Gasteiger partial charge in [-0.3, -0.25) is 14.4 Å². The molecule has 6 heterocycles. The predicted octanol–water partition coefficient (Wildman–Crippen LogP) is 12.7. The van der Waals surface area contributed by atoms with E-state index < -0.39 is 6.10 Å². The third-order valence-corrected chi connectivity index (χ3v) is 15.6. The molecule has 13 atom stereocenters. The number of rotatable bonds is 47. The van der Waals surface area contributed by atoms with Crippen LogP contribution in [0.3, 0.4) is 0 Å². The Morgan fingerprint density at radius 3 is 0.855 bits per heavy atom. The molecule has 0 amide bonds. The van der Waals surface area contributed by atoms with E-state index >= 15 is 0 Å². The smallest absolute Gasteiger partial charge is 0.306 e. The average Bonchev–Trinajstić information content (AvgIpc) is 4.08. The topological polar surface area (TPSA) is 154 Å². The van der Waals surface area contributed by atoms with Crippen molar-refractivity contribution in [1.29, 1.82) is 0 Å². The number of carbonyl (C=O) groups is 3. The number of unbranched alkanes of at least 4 members (excludes halogenated alkanes) is 18. The Kier molecular flexibility index (Phi) is 26.5. The molecule has 6 fully saturated rings. The van der Waals surface area contributed by atoms with Crippen LogP contribution in [0.15, 0.2) is 0 Å². The van der Waals surface area contributed by atoms with Gasteiger partial charge in [0.15, 0.2) is 6.10 Å². The molecule has 0 spiro atoms. The first-order valence-electron chi connectivity index (χ1n) is 29.3. The maximum Gasteiger partial charge on any atom is 0.306 e. The van der Waals surface area contributed by atoms with Crippen molar-refractivity contribution >= 4 is 17.9 Å². The lowest BCUT2D eigenvalue weighted by Crippen LogP contribution is -2.30. The van der Waals surface area contributed by atoms with E-state index in [1.165, 1.54) is 77.0 Å². The molecule has 6 rings (SSSR count). The summed E-state index contributed by atoms with van der Waals surface area (Å²) in [5.74, 6) is -0.966. The number of ether oxygens (including phenoxy) is 9. The highest BCUT2D eigenvalue weighted by molar-refractivity contribution is 5.71. The highest BCUT2D eigenvalue weighted by Gasteiger charge is 2.49. The molecule has 6 saturated heterocycles. The highest BCUT2D eigenvalue weighted by Crippen LogP contribution is 2.41. The van der Waals surface area contributed by atoms with E-state index in [1.54, 1.807) is 0 Å². The third kappa shape index (κ3) is 24.6. The van der Waals surface area contributed by atoms with E-state index in [-0.39, 0.29) is 37.5 Å². The maximum atomic E-state index is 12.9. The van der Waals surface area contributed by atoms with Crippen LogP contribution in [0.1, 0.15) is 252 Å². The van der Waals surface area contributed by atoms with Gasteiger partial charge in [0.25, 0.3) is 0 Å². The molecule has 12 nitrogen and oxygen atoms in total. The summed E-state index contributed by atoms with van der Waals surface area (Å²) in [6.45, 7) is 6.49. The molecule has 6 aliphatic heterocycles. The van der Waals surface area contributed by atoms with Crippen molar-refractivity contribution in [2.45, 2.75) is 331 Å². The summed E-state index contributed by atoms with van der Waals surface area (Å²) < 4.78 is 52.2. The molecule has 0 bridgehead atoms. The van der Waals surface area contributed by atoms with Gasteiger partial charge in [0.1, 0.15) is 13.2 Å². The molecular formula is C57H98O12. The summed E-state index contributed by atoms with van der Waals surface area (Å²) in [4.78, 5) is 38.4. The van der Waals surface area contributed by atoms with Crippen LogP contribution in [0.5, 0.6) is 0 Å². The number of carbonyl (C=O) groups excluding carboxylic acids is 3. The van der Waals surface area contributed by atoms with E-state index in [0.29, 0.717) is 86.1 Å². The molecule has 0 aromatic heterocycles. The predicted molar refractivity (Wildman–Crippen MR) is 267 cm³/mol. The SMILES string of the molecule is CCCCC[C@@H]1O[C@@H]1C[C@@H]1O[C@@H]1CCCCCCCC(=O)OCC(COC(=O)CCCCCCC[C@@H]1O[C@@H]1C[C@@H]1O[C@@H]1CCCCC)OC(=O)CCCCCCC[C@@H]1O[C@@H]1C[C@H]1O[C@H]1CCCCC. The number of hydrogen-bond acceptors (Lipinski definition) is 12. The van der Waals surface area contributed by atoms with Crippen molar-refractivity contribution in [3.8, 4) is 0 Å². The average molecular weight is 975 g/mol. The zero-order valence-electron chi connectivity index (χ0n) is 43.8. The molecule has 0 saturated carbocycles. The zero-order valence-corrected chi connectivity index (χ0v) is 43.8. The van der Waals surface area contributed by atoms with Crippen molar-refractivity contribution in [2.24, 2.45) is 0 Å². The zero-order chi connectivity index (χ0) is 48.5. The largest absolute Gasteiger partial charge is 0.462 e. The molecule has 1 unspecified atom stereocenters. The van der Waals surface area contributed by atoms with Crippen LogP contribution in [0.25, 0.3) is 0 Å². The molecule has 0 N–H and O–H groups in total. The fourth-order valence-electron chi connectivity index (χ4n) is 10.6. The molecule has 0 aliphatic carbocycles. The molecule has 398 valence electrons. The van der Waals surface area contributed by atoms with Crippen LogP contribution in [-0.4, -0.2) is 110 Å². The molecule has 0 aromatic rings. The normalized spacial score (nSPS) is 29.6. The molecule has 0 aromatic carbocycles. The Hall–Kier alpha value is -1.83. The second kappa shape index (κ2) is 32.4. The van der Waals surface area contributed by atoms with Crippen molar-refractivity contribution in [3.05, 3.63) is 0 Å². The Bertz CT molecular complexity index is 1360. The van der Waals surface area contributed by atoms with Crippen molar-refractivity contribution in [3.63, 3.8) is 0 Å². The Balaban J connectivity index is 0.766. The van der Waals surface area contributed by atoms with Gasteiger partial charge in [0.2, 0.25) is 0 Å². The minimum absolute atomic E-state index is 0.110. The van der Waals surface area contributed by atoms with Gasteiger partial charge in [-0.05, 0) is 57.8 Å². The van der Waals surface area contributed by atoms with Gasteiger partial charge in [0, 0.05) is 38.5 Å². The first-order chi connectivity index (χ1) is 33.8. The molecular weight excluding hydrogens is 877 g/mol. The van der Waals surface area contributed by atoms with Crippen LogP contribution in [0.2, 0.25) is 0 Å². The van der Waals surface area contributed by atoms with Gasteiger partial charge < -0.3 is 42.6 Å². The third-order valence-electron chi connectivity index (χ3n) is 15.6. The highest BCUT2D eigenvalue weighted by atomic mass is 16.6. The minimum Gasteiger partial charge on any atom is -0.462 e. The summed E-state index contributed by atoms with van der Waals surface area (Å²) in [7, 11) is 0. The van der Waals surface area contributed by atoms with Gasteiger partial charge in [-0.1, -0.05) is 156 Å². The quantitative estimate of drug-likeness (QED) is 0.0247. The first kappa shape index (κ1) is 56.5. The van der Waals surface area contributed by atoms with E-state index in [2.05, 4.69) is 20.8 Å². The van der Waals surface area contributed by atoms with Gasteiger partial charge in [-0.25, -0.2) is 0 Å². The first-order valence-corrected chi connectivity index (χ1v) is 29.3. The summed E-state index contributed by atoms with van der Waals surface area (Å²) in [5.41, 5.74) is 0. The monoisotopic (exact) mass is 975 g/mol.